The Balaban J connectivity index is 2.20. The summed E-state index contributed by atoms with van der Waals surface area (Å²) in [5, 5.41) is 3.11. The predicted molar refractivity (Wildman–Crippen MR) is 80.7 cm³/mol. The van der Waals surface area contributed by atoms with Gasteiger partial charge >= 0.3 is 0 Å². The van der Waals surface area contributed by atoms with Crippen LogP contribution in [-0.2, 0) is 6.42 Å². The Morgan fingerprint density at radius 1 is 1.26 bits per heavy atom. The average Bonchev–Trinajstić information content (AvgIpc) is 2.44. The first-order chi connectivity index (χ1) is 9.26. The van der Waals surface area contributed by atoms with Crippen molar-refractivity contribution in [2.45, 2.75) is 32.6 Å². The summed E-state index contributed by atoms with van der Waals surface area (Å²) in [4.78, 5) is 4.30. The van der Waals surface area contributed by atoms with Crippen molar-refractivity contribution in [3.63, 3.8) is 0 Å². The molecule has 106 valence electrons. The summed E-state index contributed by atoms with van der Waals surface area (Å²) in [5.41, 5.74) is 7.05. The number of nitrogens with zero attached hydrogens (tertiary/aromatic N) is 1. The molecule has 0 radical (unpaired) electrons. The molecule has 4 nitrogen and oxygen atoms in total. The number of unbranched alkanes of at least 4 members (excludes halogenated alkanes) is 1. The van der Waals surface area contributed by atoms with Gasteiger partial charge in [0.1, 0.15) is 5.75 Å². The largest absolute Gasteiger partial charge is 0.497 e. The molecule has 0 bridgehead atoms. The van der Waals surface area contributed by atoms with Crippen LogP contribution in [0.25, 0.3) is 0 Å². The molecule has 0 heterocycles. The average molecular weight is 263 g/mol. The highest BCUT2D eigenvalue weighted by molar-refractivity contribution is 5.77. The van der Waals surface area contributed by atoms with Crippen LogP contribution in [-0.4, -0.2) is 26.2 Å². The van der Waals surface area contributed by atoms with Gasteiger partial charge < -0.3 is 15.8 Å². The van der Waals surface area contributed by atoms with Gasteiger partial charge in [-0.05, 0) is 37.0 Å². The molecule has 0 amide bonds. The molecule has 0 aromatic heterocycles. The lowest BCUT2D eigenvalue weighted by atomic mass is 10.1. The van der Waals surface area contributed by atoms with Crippen molar-refractivity contribution in [1.29, 1.82) is 0 Å². The zero-order valence-electron chi connectivity index (χ0n) is 12.0. The normalized spacial score (nSPS) is 11.4. The Morgan fingerprint density at radius 2 is 2.00 bits per heavy atom. The highest BCUT2D eigenvalue weighted by Gasteiger charge is 1.95. The second-order valence-electron chi connectivity index (χ2n) is 4.50. The van der Waals surface area contributed by atoms with E-state index in [4.69, 9.17) is 10.5 Å². The smallest absolute Gasteiger partial charge is 0.188 e. The van der Waals surface area contributed by atoms with E-state index in [1.54, 1.807) is 7.11 Å². The zero-order valence-corrected chi connectivity index (χ0v) is 12.0. The molecule has 0 aliphatic carbocycles. The van der Waals surface area contributed by atoms with Gasteiger partial charge in [0.25, 0.3) is 0 Å². The third-order valence-corrected chi connectivity index (χ3v) is 2.90. The number of methoxy groups -OCH3 is 1. The van der Waals surface area contributed by atoms with Crippen LogP contribution in [0.5, 0.6) is 5.75 Å². The first-order valence-corrected chi connectivity index (χ1v) is 6.93. The third-order valence-electron chi connectivity index (χ3n) is 2.90. The summed E-state index contributed by atoms with van der Waals surface area (Å²) >= 11 is 0. The summed E-state index contributed by atoms with van der Waals surface area (Å²) in [6, 6.07) is 8.15. The van der Waals surface area contributed by atoms with Crippen LogP contribution in [0.1, 0.15) is 31.7 Å². The maximum Gasteiger partial charge on any atom is 0.188 e. The number of ether oxygens (including phenoxy) is 1. The molecule has 3 N–H and O–H groups in total. The van der Waals surface area contributed by atoms with Crippen LogP contribution in [0.4, 0.5) is 0 Å². The van der Waals surface area contributed by atoms with Crippen molar-refractivity contribution < 1.29 is 4.74 Å². The van der Waals surface area contributed by atoms with E-state index in [0.717, 1.165) is 44.5 Å². The topological polar surface area (TPSA) is 59.6 Å². The van der Waals surface area contributed by atoms with Gasteiger partial charge in [-0.2, -0.15) is 0 Å². The van der Waals surface area contributed by atoms with Gasteiger partial charge in [-0.25, -0.2) is 0 Å². The number of hydrogen-bond acceptors (Lipinski definition) is 2. The Hall–Kier alpha value is -1.71. The lowest BCUT2D eigenvalue weighted by molar-refractivity contribution is 0.414. The summed E-state index contributed by atoms with van der Waals surface area (Å²) < 4.78 is 5.13. The lowest BCUT2D eigenvalue weighted by Gasteiger charge is -2.05. The van der Waals surface area contributed by atoms with Crippen LogP contribution in [0.15, 0.2) is 29.3 Å². The van der Waals surface area contributed by atoms with E-state index in [9.17, 15) is 0 Å². The van der Waals surface area contributed by atoms with Crippen LogP contribution >= 0.6 is 0 Å². The second kappa shape index (κ2) is 9.25. The van der Waals surface area contributed by atoms with Crippen molar-refractivity contribution in [2.75, 3.05) is 20.2 Å². The van der Waals surface area contributed by atoms with Crippen LogP contribution in [0.3, 0.4) is 0 Å². The fourth-order valence-electron chi connectivity index (χ4n) is 1.72. The molecular weight excluding hydrogens is 238 g/mol. The number of aryl methyl sites for hydroxylation is 1. The highest BCUT2D eigenvalue weighted by Crippen LogP contribution is 2.12. The molecule has 1 aromatic rings. The van der Waals surface area contributed by atoms with Gasteiger partial charge in [0.15, 0.2) is 5.96 Å². The molecule has 0 fully saturated rings. The molecule has 4 heteroatoms. The summed E-state index contributed by atoms with van der Waals surface area (Å²) in [6.07, 6.45) is 4.30. The molecule has 1 rings (SSSR count). The number of aliphatic imine (C=N–C) groups is 1. The zero-order chi connectivity index (χ0) is 13.9. The van der Waals surface area contributed by atoms with Crippen molar-refractivity contribution in [3.8, 4) is 5.75 Å². The van der Waals surface area contributed by atoms with Crippen molar-refractivity contribution in [3.05, 3.63) is 29.8 Å². The van der Waals surface area contributed by atoms with E-state index in [2.05, 4.69) is 29.4 Å². The number of rotatable bonds is 8. The quantitative estimate of drug-likeness (QED) is 0.430. The number of benzene rings is 1. The van der Waals surface area contributed by atoms with Crippen molar-refractivity contribution in [1.82, 2.24) is 5.32 Å². The summed E-state index contributed by atoms with van der Waals surface area (Å²) in [7, 11) is 1.68. The first-order valence-electron chi connectivity index (χ1n) is 6.93. The van der Waals surface area contributed by atoms with Gasteiger partial charge in [-0.1, -0.05) is 25.5 Å². The van der Waals surface area contributed by atoms with E-state index >= 15 is 0 Å². The van der Waals surface area contributed by atoms with E-state index < -0.39 is 0 Å². The van der Waals surface area contributed by atoms with E-state index in [0.29, 0.717) is 5.96 Å². The summed E-state index contributed by atoms with van der Waals surface area (Å²) in [5.74, 6) is 1.45. The van der Waals surface area contributed by atoms with Gasteiger partial charge in [0.05, 0.1) is 7.11 Å². The number of nitrogens with two attached hydrogens (primary N) is 1. The molecule has 0 aliphatic rings. The van der Waals surface area contributed by atoms with Crippen LogP contribution in [0, 0.1) is 0 Å². The predicted octanol–water partition coefficient (Wildman–Crippen LogP) is 2.33. The van der Waals surface area contributed by atoms with E-state index in [1.165, 1.54) is 5.56 Å². The highest BCUT2D eigenvalue weighted by atomic mass is 16.5. The number of guanidine groups is 1. The molecule has 0 unspecified atom stereocenters. The maximum absolute atomic E-state index is 5.75. The third kappa shape index (κ3) is 6.70. The fourth-order valence-corrected chi connectivity index (χ4v) is 1.72. The Kier molecular flexibility index (Phi) is 7.47. The number of hydrogen-bond donors (Lipinski definition) is 2. The van der Waals surface area contributed by atoms with Crippen molar-refractivity contribution in [2.24, 2.45) is 10.7 Å². The molecule has 19 heavy (non-hydrogen) atoms. The summed E-state index contributed by atoms with van der Waals surface area (Å²) in [6.45, 7) is 3.82. The second-order valence-corrected chi connectivity index (χ2v) is 4.50. The molecule has 0 aliphatic heterocycles. The van der Waals surface area contributed by atoms with Gasteiger partial charge in [-0.15, -0.1) is 0 Å². The molecule has 0 spiro atoms. The molecule has 0 saturated carbocycles. The fraction of sp³-hybridized carbons (Fsp3) is 0.533. The minimum atomic E-state index is 0.559. The first kappa shape index (κ1) is 15.3. The molecule has 0 atom stereocenters. The SMILES string of the molecule is CCCCNC(N)=NCCCc1ccc(OC)cc1. The number of nitrogens with one attached hydrogen (secondary N) is 1. The Morgan fingerprint density at radius 3 is 2.63 bits per heavy atom. The van der Waals surface area contributed by atoms with Crippen LogP contribution in [0.2, 0.25) is 0 Å². The standard InChI is InChI=1S/C15H25N3O/c1-3-4-11-17-15(16)18-12-5-6-13-7-9-14(19-2)10-8-13/h7-10H,3-6,11-12H2,1-2H3,(H3,16,17,18). The van der Waals surface area contributed by atoms with Crippen molar-refractivity contribution >= 4 is 5.96 Å². The van der Waals surface area contributed by atoms with Gasteiger partial charge in [0, 0.05) is 13.1 Å². The molecule has 1 aromatic carbocycles. The molecule has 0 saturated heterocycles. The van der Waals surface area contributed by atoms with Gasteiger partial charge in [-0.3, -0.25) is 4.99 Å². The van der Waals surface area contributed by atoms with Gasteiger partial charge in [0.2, 0.25) is 0 Å². The molecular formula is C15H25N3O. The lowest BCUT2D eigenvalue weighted by Crippen LogP contribution is -2.32. The monoisotopic (exact) mass is 263 g/mol. The minimum Gasteiger partial charge on any atom is -0.497 e. The Labute approximate surface area is 116 Å². The maximum atomic E-state index is 5.75. The van der Waals surface area contributed by atoms with E-state index in [1.807, 2.05) is 12.1 Å². The van der Waals surface area contributed by atoms with Crippen LogP contribution < -0.4 is 15.8 Å². The van der Waals surface area contributed by atoms with E-state index in [-0.39, 0.29) is 0 Å². The minimum absolute atomic E-state index is 0.559. The Bertz CT molecular complexity index is 373.